The molecule has 4 rings (SSSR count). The summed E-state index contributed by atoms with van der Waals surface area (Å²) in [5.74, 6) is -1.74. The third-order valence-electron chi connectivity index (χ3n) is 4.17. The molecular weight excluding hydrogens is 368 g/mol. The molecule has 0 unspecified atom stereocenters. The Bertz CT molecular complexity index is 1310. The number of aromatic nitrogens is 3. The van der Waals surface area contributed by atoms with E-state index < -0.39 is 22.3 Å². The molecule has 3 aromatic rings. The number of carbonyl (C=O) groups is 2. The standard InChI is InChI=1S/C17H8N6O5/c18-6-10-15(11-7-19-12-2-1-8(23(27)28)5-9(11)12)20-17(21-16(10)26)22-13(24)3-4-14(22)25/h1-5,7,19H,(H,20,21,26). The van der Waals surface area contributed by atoms with E-state index in [0.29, 0.717) is 15.8 Å². The first-order valence-electron chi connectivity index (χ1n) is 7.77. The summed E-state index contributed by atoms with van der Waals surface area (Å²) in [6.07, 6.45) is 3.48. The number of hydrogen-bond acceptors (Lipinski definition) is 7. The summed E-state index contributed by atoms with van der Waals surface area (Å²) in [6.45, 7) is 0. The Labute approximate surface area is 154 Å². The molecular formula is C17H8N6O5. The van der Waals surface area contributed by atoms with Gasteiger partial charge in [-0.1, -0.05) is 0 Å². The Morgan fingerprint density at radius 2 is 1.89 bits per heavy atom. The number of carbonyl (C=O) groups excluding carboxylic acids is 2. The number of aromatic amines is 2. The highest BCUT2D eigenvalue weighted by Crippen LogP contribution is 2.32. The summed E-state index contributed by atoms with van der Waals surface area (Å²) < 4.78 is 0. The van der Waals surface area contributed by atoms with Crippen LogP contribution in [0, 0.1) is 21.4 Å². The maximum absolute atomic E-state index is 12.4. The van der Waals surface area contributed by atoms with Gasteiger partial charge in [0.15, 0.2) is 0 Å². The Morgan fingerprint density at radius 3 is 2.54 bits per heavy atom. The van der Waals surface area contributed by atoms with Crippen molar-refractivity contribution in [3.05, 3.63) is 62.6 Å². The molecule has 11 heteroatoms. The van der Waals surface area contributed by atoms with E-state index >= 15 is 0 Å². The Kier molecular flexibility index (Phi) is 3.61. The second-order valence-corrected chi connectivity index (χ2v) is 5.76. The number of rotatable bonds is 3. The third-order valence-corrected chi connectivity index (χ3v) is 4.17. The molecule has 1 aliphatic heterocycles. The van der Waals surface area contributed by atoms with Gasteiger partial charge in [-0.3, -0.25) is 29.5 Å². The highest BCUT2D eigenvalue weighted by molar-refractivity contribution is 6.27. The molecule has 0 radical (unpaired) electrons. The molecule has 0 aliphatic carbocycles. The largest absolute Gasteiger partial charge is 0.360 e. The summed E-state index contributed by atoms with van der Waals surface area (Å²) >= 11 is 0. The molecule has 1 aromatic carbocycles. The number of hydrogen-bond donors (Lipinski definition) is 2. The number of benzene rings is 1. The monoisotopic (exact) mass is 376 g/mol. The van der Waals surface area contributed by atoms with Crippen molar-refractivity contribution in [2.75, 3.05) is 4.90 Å². The molecule has 3 heterocycles. The van der Waals surface area contributed by atoms with Crippen LogP contribution in [-0.2, 0) is 9.59 Å². The van der Waals surface area contributed by atoms with Gasteiger partial charge in [0.1, 0.15) is 11.6 Å². The number of nitriles is 1. The maximum atomic E-state index is 12.4. The maximum Gasteiger partial charge on any atom is 0.270 e. The van der Waals surface area contributed by atoms with Crippen molar-refractivity contribution in [3.63, 3.8) is 0 Å². The molecule has 0 saturated heterocycles. The first-order chi connectivity index (χ1) is 13.4. The van der Waals surface area contributed by atoms with Crippen molar-refractivity contribution in [2.45, 2.75) is 0 Å². The number of imide groups is 1. The average molecular weight is 376 g/mol. The van der Waals surface area contributed by atoms with Gasteiger partial charge in [-0.05, 0) is 6.07 Å². The van der Waals surface area contributed by atoms with Gasteiger partial charge >= 0.3 is 0 Å². The predicted octanol–water partition coefficient (Wildman–Crippen LogP) is 1.13. The Balaban J connectivity index is 1.99. The van der Waals surface area contributed by atoms with Gasteiger partial charge in [0.05, 0.1) is 10.6 Å². The second kappa shape index (κ2) is 5.99. The quantitative estimate of drug-likeness (QED) is 0.392. The number of fused-ring (bicyclic) bond motifs is 1. The van der Waals surface area contributed by atoms with Crippen LogP contribution in [0.2, 0.25) is 0 Å². The van der Waals surface area contributed by atoms with E-state index in [1.807, 2.05) is 0 Å². The lowest BCUT2D eigenvalue weighted by molar-refractivity contribution is -0.384. The topological polar surface area (TPSA) is 166 Å². The number of anilines is 1. The van der Waals surface area contributed by atoms with Crippen LogP contribution in [0.3, 0.4) is 0 Å². The molecule has 28 heavy (non-hydrogen) atoms. The number of amides is 2. The molecule has 2 N–H and O–H groups in total. The van der Waals surface area contributed by atoms with E-state index in [9.17, 15) is 29.8 Å². The predicted molar refractivity (Wildman–Crippen MR) is 95.2 cm³/mol. The van der Waals surface area contributed by atoms with Gasteiger partial charge in [-0.15, -0.1) is 0 Å². The van der Waals surface area contributed by atoms with Crippen LogP contribution >= 0.6 is 0 Å². The minimum absolute atomic E-state index is 0.111. The van der Waals surface area contributed by atoms with Crippen LogP contribution in [0.1, 0.15) is 5.56 Å². The highest BCUT2D eigenvalue weighted by atomic mass is 16.6. The summed E-state index contributed by atoms with van der Waals surface area (Å²) in [6, 6.07) is 5.80. The molecule has 0 saturated carbocycles. The minimum atomic E-state index is -0.852. The van der Waals surface area contributed by atoms with E-state index in [2.05, 4.69) is 15.0 Å². The molecule has 1 aliphatic rings. The van der Waals surface area contributed by atoms with E-state index in [1.165, 1.54) is 24.4 Å². The summed E-state index contributed by atoms with van der Waals surface area (Å²) in [7, 11) is 0. The molecule has 2 aromatic heterocycles. The van der Waals surface area contributed by atoms with Crippen LogP contribution in [0.4, 0.5) is 11.6 Å². The fraction of sp³-hybridized carbons (Fsp3) is 0. The zero-order chi connectivity index (χ0) is 20.0. The molecule has 0 bridgehead atoms. The number of nitro groups is 1. The Hall–Kier alpha value is -4.59. The van der Waals surface area contributed by atoms with Gasteiger partial charge in [0, 0.05) is 46.9 Å². The van der Waals surface area contributed by atoms with Crippen LogP contribution in [0.15, 0.2) is 41.3 Å². The zero-order valence-electron chi connectivity index (χ0n) is 13.8. The molecule has 0 atom stereocenters. The highest BCUT2D eigenvalue weighted by Gasteiger charge is 2.29. The molecule has 136 valence electrons. The second-order valence-electron chi connectivity index (χ2n) is 5.76. The van der Waals surface area contributed by atoms with Crippen LogP contribution in [0.5, 0.6) is 0 Å². The van der Waals surface area contributed by atoms with Crippen LogP contribution in [-0.4, -0.2) is 31.7 Å². The van der Waals surface area contributed by atoms with Crippen molar-refractivity contribution >= 4 is 34.4 Å². The van der Waals surface area contributed by atoms with E-state index in [-0.39, 0.29) is 28.5 Å². The van der Waals surface area contributed by atoms with Crippen molar-refractivity contribution < 1.29 is 14.5 Å². The fourth-order valence-electron chi connectivity index (χ4n) is 2.89. The lowest BCUT2D eigenvalue weighted by atomic mass is 10.1. The average Bonchev–Trinajstić information content (AvgIpc) is 3.23. The van der Waals surface area contributed by atoms with Crippen LogP contribution in [0.25, 0.3) is 22.2 Å². The van der Waals surface area contributed by atoms with Gasteiger partial charge in [0.25, 0.3) is 23.1 Å². The normalized spacial score (nSPS) is 13.3. The SMILES string of the molecule is N#Cc1c(-c2c[nH]c3ccc([N+](=O)[O-])cc23)nc(N2C(=O)C=CC2=O)[nH]c1=O. The summed E-state index contributed by atoms with van der Waals surface area (Å²) in [5.41, 5.74) is -0.748. The number of nitrogens with zero attached hydrogens (tertiary/aromatic N) is 4. The molecule has 0 spiro atoms. The summed E-state index contributed by atoms with van der Waals surface area (Å²) in [5, 5.41) is 20.8. The van der Waals surface area contributed by atoms with Gasteiger partial charge in [0.2, 0.25) is 5.95 Å². The van der Waals surface area contributed by atoms with Crippen molar-refractivity contribution in [1.82, 2.24) is 15.0 Å². The van der Waals surface area contributed by atoms with E-state index in [0.717, 1.165) is 12.2 Å². The lowest BCUT2D eigenvalue weighted by Crippen LogP contribution is -2.33. The summed E-state index contributed by atoms with van der Waals surface area (Å²) in [4.78, 5) is 56.6. The third kappa shape index (κ3) is 2.44. The zero-order valence-corrected chi connectivity index (χ0v) is 13.8. The smallest absolute Gasteiger partial charge is 0.270 e. The van der Waals surface area contributed by atoms with Crippen molar-refractivity contribution in [3.8, 4) is 17.3 Å². The van der Waals surface area contributed by atoms with E-state index in [1.54, 1.807) is 6.07 Å². The molecule has 0 fully saturated rings. The van der Waals surface area contributed by atoms with Crippen LogP contribution < -0.4 is 10.5 Å². The van der Waals surface area contributed by atoms with E-state index in [4.69, 9.17) is 0 Å². The first kappa shape index (κ1) is 16.9. The number of nitro benzene ring substituents is 1. The number of nitrogens with one attached hydrogen (secondary N) is 2. The minimum Gasteiger partial charge on any atom is -0.360 e. The van der Waals surface area contributed by atoms with Crippen molar-refractivity contribution in [2.24, 2.45) is 0 Å². The molecule has 2 amide bonds. The molecule has 11 nitrogen and oxygen atoms in total. The van der Waals surface area contributed by atoms with Gasteiger partial charge in [-0.25, -0.2) is 9.88 Å². The lowest BCUT2D eigenvalue weighted by Gasteiger charge is -2.13. The number of non-ortho nitro benzene ring substituents is 1. The first-order valence-corrected chi connectivity index (χ1v) is 7.77. The van der Waals surface area contributed by atoms with Gasteiger partial charge in [-0.2, -0.15) is 5.26 Å². The van der Waals surface area contributed by atoms with Crippen molar-refractivity contribution in [1.29, 1.82) is 5.26 Å². The Morgan fingerprint density at radius 1 is 1.18 bits per heavy atom. The number of H-pyrrole nitrogens is 2. The van der Waals surface area contributed by atoms with Gasteiger partial charge < -0.3 is 4.98 Å². The fourth-order valence-corrected chi connectivity index (χ4v) is 2.89.